The fourth-order valence-corrected chi connectivity index (χ4v) is 15.6. The van der Waals surface area contributed by atoms with Gasteiger partial charge in [0.25, 0.3) is 0 Å². The fraction of sp³-hybridized carbons (Fsp3) is 1.00. The Morgan fingerprint density at radius 2 is 1.07 bits per heavy atom. The summed E-state index contributed by atoms with van der Waals surface area (Å²) in [5.74, 6) is -1.45. The average Bonchev–Trinajstić information content (AvgIpc) is 3.90. The Bertz CT molecular complexity index is 1910. The molecule has 0 aromatic carbocycles. The Morgan fingerprint density at radius 3 is 1.63 bits per heavy atom. The highest BCUT2D eigenvalue weighted by atomic mass is 16.8. The molecule has 25 nitrogen and oxygen atoms in total. The molecule has 25 heteroatoms. The summed E-state index contributed by atoms with van der Waals surface area (Å²) in [7, 11) is 0. The van der Waals surface area contributed by atoms with Crippen LogP contribution in [0, 0.1) is 52.3 Å². The van der Waals surface area contributed by atoms with Crippen LogP contribution in [0.25, 0.3) is 0 Å². The number of hydrogen-bond acceptors (Lipinski definition) is 25. The summed E-state index contributed by atoms with van der Waals surface area (Å²) in [5.41, 5.74) is -0.782. The highest BCUT2D eigenvalue weighted by Gasteiger charge is 2.71. The van der Waals surface area contributed by atoms with Crippen LogP contribution >= 0.6 is 0 Å². The second kappa shape index (κ2) is 23.3. The molecular formula is C51H86O25. The van der Waals surface area contributed by atoms with Crippen LogP contribution in [0.2, 0.25) is 0 Å². The van der Waals surface area contributed by atoms with E-state index in [0.717, 1.165) is 12.8 Å². The van der Waals surface area contributed by atoms with Gasteiger partial charge in [-0.1, -0.05) is 27.7 Å². The van der Waals surface area contributed by atoms with Crippen molar-refractivity contribution < 1.29 is 124 Å². The minimum atomic E-state index is -1.93. The Hall–Kier alpha value is -1.00. The maximum atomic E-state index is 12.4. The van der Waals surface area contributed by atoms with Crippen LogP contribution < -0.4 is 0 Å². The lowest BCUT2D eigenvalue weighted by Gasteiger charge is -2.62. The lowest BCUT2D eigenvalue weighted by molar-refractivity contribution is -0.396. The molecule has 9 aliphatic rings. The lowest BCUT2D eigenvalue weighted by Crippen LogP contribution is -2.67. The van der Waals surface area contributed by atoms with E-state index in [1.165, 1.54) is 0 Å². The molecule has 16 N–H and O–H groups in total. The zero-order chi connectivity index (χ0) is 55.1. The number of rotatable bonds is 16. The first-order valence-electron chi connectivity index (χ1n) is 27.5. The second-order valence-electron chi connectivity index (χ2n) is 24.3. The number of hydrogen-bond donors (Lipinski definition) is 16. The van der Waals surface area contributed by atoms with Crippen LogP contribution in [0.15, 0.2) is 0 Å². The second-order valence-corrected chi connectivity index (χ2v) is 24.3. The summed E-state index contributed by atoms with van der Waals surface area (Å²) in [6, 6.07) is 0. The number of fused-ring (bicyclic) bond motifs is 7. The summed E-state index contributed by atoms with van der Waals surface area (Å²) in [5, 5.41) is 171. The highest BCUT2D eigenvalue weighted by Crippen LogP contribution is 2.71. The van der Waals surface area contributed by atoms with E-state index in [4.69, 9.17) is 42.6 Å². The summed E-state index contributed by atoms with van der Waals surface area (Å²) in [4.78, 5) is 0. The van der Waals surface area contributed by atoms with Crippen molar-refractivity contribution in [1.29, 1.82) is 0 Å². The fourth-order valence-electron chi connectivity index (χ4n) is 15.6. The average molecular weight is 1100 g/mol. The molecule has 0 spiro atoms. The van der Waals surface area contributed by atoms with Crippen molar-refractivity contribution >= 4 is 0 Å². The number of aliphatic hydroxyl groups is 16. The van der Waals surface area contributed by atoms with E-state index in [-0.39, 0.29) is 66.0 Å². The minimum Gasteiger partial charge on any atom is -0.394 e. The number of ether oxygens (including phenoxy) is 9. The zero-order valence-electron chi connectivity index (χ0n) is 43.5. The molecule has 5 saturated heterocycles. The standard InChI is InChI=1S/C51H86O25/c1-19(18-68-45-40(64)37(61)33(57)27(14-52)70-45)7-10-51(67)20(2)32-26(76-51)12-25-23-6-5-21-11-22(8-9-49(21,3)24(23)13-31(56)50(25,32)4)69-48-44(75-47-42(66)39(63)35(59)29(16-54)72-47)43(36(60)30(17-55)73-48)74-46-41(65)38(62)34(58)28(15-53)71-46/h19-48,52-67H,5-18H2,1-4H3/t19-,20+,21-,22+,23-,24+,25+,26+,27-,28-,29-,30-,31-,32+,33-,34-,35-,36+,37+,38+,39+,40-,41-,42-,43+,44-,45-,46+,47+,48-,49+,50-,51+/m1/s1. The smallest absolute Gasteiger partial charge is 0.187 e. The van der Waals surface area contributed by atoms with E-state index in [2.05, 4.69) is 13.8 Å². The third-order valence-corrected chi connectivity index (χ3v) is 20.2. The largest absolute Gasteiger partial charge is 0.394 e. The van der Waals surface area contributed by atoms with Gasteiger partial charge in [-0.05, 0) is 86.4 Å². The van der Waals surface area contributed by atoms with Crippen LogP contribution in [0.4, 0.5) is 0 Å². The lowest BCUT2D eigenvalue weighted by atomic mass is 9.43. The van der Waals surface area contributed by atoms with E-state index in [1.54, 1.807) is 0 Å². The topological polar surface area (TPSA) is 407 Å². The molecule has 0 bridgehead atoms. The summed E-state index contributed by atoms with van der Waals surface area (Å²) in [6.45, 7) is 5.52. The Kier molecular flexibility index (Phi) is 18.3. The predicted molar refractivity (Wildman–Crippen MR) is 253 cm³/mol. The van der Waals surface area contributed by atoms with Crippen LogP contribution in [-0.4, -0.2) is 262 Å². The van der Waals surface area contributed by atoms with Gasteiger partial charge in [0.2, 0.25) is 0 Å². The Morgan fingerprint density at radius 1 is 0.553 bits per heavy atom. The van der Waals surface area contributed by atoms with Gasteiger partial charge in [0.1, 0.15) is 97.7 Å². The van der Waals surface area contributed by atoms with Crippen molar-refractivity contribution in [3.8, 4) is 0 Å². The van der Waals surface area contributed by atoms with Crippen molar-refractivity contribution in [1.82, 2.24) is 0 Å². The van der Waals surface area contributed by atoms with E-state index in [0.29, 0.717) is 38.5 Å². The molecule has 0 unspecified atom stereocenters. The van der Waals surface area contributed by atoms with Gasteiger partial charge in [0, 0.05) is 23.7 Å². The zero-order valence-corrected chi connectivity index (χ0v) is 43.5. The molecule has 76 heavy (non-hydrogen) atoms. The minimum absolute atomic E-state index is 0.0985. The van der Waals surface area contributed by atoms with Gasteiger partial charge >= 0.3 is 0 Å². The molecule has 440 valence electrons. The maximum Gasteiger partial charge on any atom is 0.187 e. The van der Waals surface area contributed by atoms with Crippen molar-refractivity contribution in [3.63, 3.8) is 0 Å². The van der Waals surface area contributed by atoms with Gasteiger partial charge < -0.3 is 124 Å². The van der Waals surface area contributed by atoms with Crippen molar-refractivity contribution in [2.75, 3.05) is 33.0 Å². The van der Waals surface area contributed by atoms with Crippen LogP contribution in [-0.2, 0) is 42.6 Å². The molecule has 0 radical (unpaired) electrons. The molecule has 0 aromatic rings. The van der Waals surface area contributed by atoms with E-state index in [1.807, 2.05) is 13.8 Å². The van der Waals surface area contributed by atoms with Gasteiger partial charge in [-0.3, -0.25) is 0 Å². The molecule has 0 amide bonds. The first kappa shape index (κ1) is 59.6. The van der Waals surface area contributed by atoms with E-state index >= 15 is 0 Å². The van der Waals surface area contributed by atoms with Gasteiger partial charge in [-0.25, -0.2) is 0 Å². The van der Waals surface area contributed by atoms with E-state index < -0.39 is 173 Å². The normalized spacial score (nSPS) is 55.8. The molecule has 5 heterocycles. The molecular weight excluding hydrogens is 1010 g/mol. The van der Waals surface area contributed by atoms with Gasteiger partial charge in [0.05, 0.1) is 51.3 Å². The monoisotopic (exact) mass is 1100 g/mol. The molecule has 4 saturated carbocycles. The Labute approximate surface area is 441 Å². The molecule has 5 aliphatic heterocycles. The molecule has 4 aliphatic carbocycles. The first-order chi connectivity index (χ1) is 35.9. The molecule has 33 atom stereocenters. The first-order valence-corrected chi connectivity index (χ1v) is 27.5. The Balaban J connectivity index is 0.865. The quantitative estimate of drug-likeness (QED) is 0.0644. The third kappa shape index (κ3) is 10.5. The van der Waals surface area contributed by atoms with Crippen LogP contribution in [0.5, 0.6) is 0 Å². The van der Waals surface area contributed by atoms with E-state index in [9.17, 15) is 81.7 Å². The molecule has 0 aromatic heterocycles. The summed E-state index contributed by atoms with van der Waals surface area (Å²) < 4.78 is 54.4. The summed E-state index contributed by atoms with van der Waals surface area (Å²) in [6.07, 6.45) is -28.6. The predicted octanol–water partition coefficient (Wildman–Crippen LogP) is -4.98. The SMILES string of the molecule is C[C@H](CC[C@]1(O)O[C@H]2C[C@H]3[C@@H]4CC[C@@H]5C[C@@H](O[C@@H]6O[C@H](CO)[C@H](O)[C@H](O[C@@H]7O[C@H](CO)[C@@H](O)[C@H](O)[C@H]7O)[C@H]6O[C@@H]6O[C@H](CO)[C@@H](O)[C@H](O)[C@H]6O)CC[C@]5(C)[C@H]4C[C@@H](O)[C@]3(C)[C@H]2[C@@H]1C)CO[C@@H]1O[C@H](CO)[C@@H](O)[C@H](O)[C@H]1O. The van der Waals surface area contributed by atoms with Crippen LogP contribution in [0.1, 0.15) is 85.5 Å². The summed E-state index contributed by atoms with van der Waals surface area (Å²) >= 11 is 0. The van der Waals surface area contributed by atoms with Crippen molar-refractivity contribution in [2.45, 2.75) is 232 Å². The molecule has 9 rings (SSSR count). The van der Waals surface area contributed by atoms with Gasteiger partial charge in [-0.15, -0.1) is 0 Å². The maximum absolute atomic E-state index is 12.4. The van der Waals surface area contributed by atoms with Gasteiger partial charge in [-0.2, -0.15) is 0 Å². The number of aliphatic hydroxyl groups excluding tert-OH is 15. The van der Waals surface area contributed by atoms with Gasteiger partial charge in [0.15, 0.2) is 30.9 Å². The van der Waals surface area contributed by atoms with Crippen LogP contribution in [0.3, 0.4) is 0 Å². The van der Waals surface area contributed by atoms with Crippen molar-refractivity contribution in [2.24, 2.45) is 52.3 Å². The van der Waals surface area contributed by atoms with Crippen molar-refractivity contribution in [3.05, 3.63) is 0 Å². The molecule has 9 fully saturated rings. The third-order valence-electron chi connectivity index (χ3n) is 20.2. The highest BCUT2D eigenvalue weighted by molar-refractivity contribution is 5.18.